The minimum atomic E-state index is -0.956. The summed E-state index contributed by atoms with van der Waals surface area (Å²) in [6.07, 6.45) is 2.06. The van der Waals surface area contributed by atoms with Gasteiger partial charge in [-0.15, -0.1) is 0 Å². The Hall–Kier alpha value is -2.92. The van der Waals surface area contributed by atoms with Crippen LogP contribution in [0.25, 0.3) is 6.08 Å². The maximum absolute atomic E-state index is 12.9. The Balaban J connectivity index is 1.74. The number of esters is 1. The van der Waals surface area contributed by atoms with Crippen molar-refractivity contribution in [3.05, 3.63) is 77.9 Å². The average molecular weight is 351 g/mol. The zero-order chi connectivity index (χ0) is 18.2. The van der Waals surface area contributed by atoms with Crippen LogP contribution >= 0.6 is 0 Å². The van der Waals surface area contributed by atoms with Gasteiger partial charge in [0.1, 0.15) is 0 Å². The summed E-state index contributed by atoms with van der Waals surface area (Å²) in [6, 6.07) is 18.5. The molecule has 1 atom stereocenters. The number of rotatable bonds is 5. The van der Waals surface area contributed by atoms with Crippen LogP contribution in [0, 0.1) is 0 Å². The molecule has 1 fully saturated rings. The van der Waals surface area contributed by atoms with Crippen molar-refractivity contribution < 1.29 is 19.1 Å². The highest BCUT2D eigenvalue weighted by Gasteiger charge is 2.29. The number of benzene rings is 2. The number of nitrogens with zero attached hydrogens (tertiary/aromatic N) is 1. The molecule has 0 N–H and O–H groups in total. The van der Waals surface area contributed by atoms with E-state index >= 15 is 0 Å². The monoisotopic (exact) mass is 351 g/mol. The van der Waals surface area contributed by atoms with Crippen molar-refractivity contribution in [2.45, 2.75) is 6.10 Å². The lowest BCUT2D eigenvalue weighted by Crippen LogP contribution is -2.44. The van der Waals surface area contributed by atoms with Crippen LogP contribution in [0.2, 0.25) is 0 Å². The summed E-state index contributed by atoms with van der Waals surface area (Å²) in [7, 11) is 0. The van der Waals surface area contributed by atoms with E-state index in [0.29, 0.717) is 31.9 Å². The summed E-state index contributed by atoms with van der Waals surface area (Å²) in [5.41, 5.74) is 1.55. The van der Waals surface area contributed by atoms with E-state index in [1.165, 1.54) is 6.08 Å². The second kappa shape index (κ2) is 8.97. The Bertz CT molecular complexity index is 752. The highest BCUT2D eigenvalue weighted by molar-refractivity contribution is 5.91. The van der Waals surface area contributed by atoms with E-state index in [4.69, 9.17) is 9.47 Å². The van der Waals surface area contributed by atoms with Crippen molar-refractivity contribution in [2.24, 2.45) is 0 Å². The second-order valence-electron chi connectivity index (χ2n) is 5.91. The normalized spacial score (nSPS) is 15.6. The van der Waals surface area contributed by atoms with Crippen molar-refractivity contribution in [3.8, 4) is 0 Å². The first-order chi connectivity index (χ1) is 12.7. The minimum Gasteiger partial charge on any atom is -0.444 e. The Labute approximate surface area is 152 Å². The molecule has 0 unspecified atom stereocenters. The third kappa shape index (κ3) is 4.80. The van der Waals surface area contributed by atoms with Crippen LogP contribution < -0.4 is 0 Å². The molecule has 1 aliphatic heterocycles. The summed E-state index contributed by atoms with van der Waals surface area (Å²) in [6.45, 7) is 1.99. The van der Waals surface area contributed by atoms with Crippen LogP contribution in [0.4, 0.5) is 0 Å². The van der Waals surface area contributed by atoms with Gasteiger partial charge in [0.05, 0.1) is 13.2 Å². The molecule has 1 saturated heterocycles. The van der Waals surface area contributed by atoms with E-state index in [2.05, 4.69) is 0 Å². The number of ether oxygens (including phenoxy) is 2. The molecule has 0 spiro atoms. The summed E-state index contributed by atoms with van der Waals surface area (Å²) in [4.78, 5) is 26.8. The summed E-state index contributed by atoms with van der Waals surface area (Å²) < 4.78 is 10.8. The highest BCUT2D eigenvalue weighted by Crippen LogP contribution is 2.21. The Morgan fingerprint density at radius 2 is 1.58 bits per heavy atom. The van der Waals surface area contributed by atoms with E-state index in [-0.39, 0.29) is 5.91 Å². The third-order valence-electron chi connectivity index (χ3n) is 4.09. The maximum Gasteiger partial charge on any atom is 0.331 e. The zero-order valence-corrected chi connectivity index (χ0v) is 14.4. The highest BCUT2D eigenvalue weighted by atomic mass is 16.5. The second-order valence-corrected chi connectivity index (χ2v) is 5.91. The average Bonchev–Trinajstić information content (AvgIpc) is 2.72. The molecule has 0 bridgehead atoms. The zero-order valence-electron chi connectivity index (χ0n) is 14.4. The van der Waals surface area contributed by atoms with Gasteiger partial charge in [0.15, 0.2) is 0 Å². The van der Waals surface area contributed by atoms with Gasteiger partial charge < -0.3 is 14.4 Å². The number of carbonyl (C=O) groups is 2. The number of carbonyl (C=O) groups excluding carboxylic acids is 2. The van der Waals surface area contributed by atoms with Gasteiger partial charge in [0, 0.05) is 24.7 Å². The summed E-state index contributed by atoms with van der Waals surface area (Å²) in [5.74, 6) is -0.773. The first-order valence-electron chi connectivity index (χ1n) is 8.59. The van der Waals surface area contributed by atoms with Gasteiger partial charge in [0.25, 0.3) is 5.91 Å². The van der Waals surface area contributed by atoms with Crippen molar-refractivity contribution in [2.75, 3.05) is 26.3 Å². The van der Waals surface area contributed by atoms with Crippen LogP contribution in [0.1, 0.15) is 17.2 Å². The van der Waals surface area contributed by atoms with Gasteiger partial charge in [-0.05, 0) is 11.6 Å². The Morgan fingerprint density at radius 3 is 2.23 bits per heavy atom. The molecule has 26 heavy (non-hydrogen) atoms. The number of hydrogen-bond acceptors (Lipinski definition) is 4. The predicted octanol–water partition coefficient (Wildman–Crippen LogP) is 2.84. The molecule has 2 aromatic rings. The molecule has 0 aromatic heterocycles. The van der Waals surface area contributed by atoms with E-state index in [9.17, 15) is 9.59 Å². The maximum atomic E-state index is 12.9. The van der Waals surface area contributed by atoms with Crippen molar-refractivity contribution in [1.29, 1.82) is 0 Å². The van der Waals surface area contributed by atoms with E-state index in [1.54, 1.807) is 23.1 Å². The number of hydrogen-bond donors (Lipinski definition) is 0. The fraction of sp³-hybridized carbons (Fsp3) is 0.238. The molecule has 2 aromatic carbocycles. The largest absolute Gasteiger partial charge is 0.444 e. The topological polar surface area (TPSA) is 55.8 Å². The summed E-state index contributed by atoms with van der Waals surface area (Å²) in [5, 5.41) is 0. The van der Waals surface area contributed by atoms with Crippen LogP contribution in [-0.2, 0) is 19.1 Å². The number of morpholine rings is 1. The molecule has 3 rings (SSSR count). The molecule has 0 radical (unpaired) electrons. The lowest BCUT2D eigenvalue weighted by Gasteiger charge is -2.30. The van der Waals surface area contributed by atoms with Gasteiger partial charge >= 0.3 is 5.97 Å². The fourth-order valence-electron chi connectivity index (χ4n) is 2.72. The van der Waals surface area contributed by atoms with Crippen LogP contribution in [0.3, 0.4) is 0 Å². The predicted molar refractivity (Wildman–Crippen MR) is 98.2 cm³/mol. The van der Waals surface area contributed by atoms with Crippen LogP contribution in [-0.4, -0.2) is 43.1 Å². The Kier molecular flexibility index (Phi) is 6.17. The minimum absolute atomic E-state index is 0.221. The molecular formula is C21H21NO4. The van der Waals surface area contributed by atoms with Gasteiger partial charge in [-0.25, -0.2) is 4.79 Å². The molecule has 0 aliphatic carbocycles. The standard InChI is InChI=1S/C21H21NO4/c23-19(12-11-17-7-3-1-4-8-17)26-20(18-9-5-2-6-10-18)21(24)22-13-15-25-16-14-22/h1-12,20H,13-16H2/b12-11+/t20-/m0/s1. The SMILES string of the molecule is O=C(/C=C/c1ccccc1)O[C@H](C(=O)N1CCOCC1)c1ccccc1. The summed E-state index contributed by atoms with van der Waals surface area (Å²) >= 11 is 0. The molecule has 1 aliphatic rings. The lowest BCUT2D eigenvalue weighted by molar-refractivity contribution is -0.159. The van der Waals surface area contributed by atoms with E-state index in [0.717, 1.165) is 5.56 Å². The van der Waals surface area contributed by atoms with Gasteiger partial charge in [-0.3, -0.25) is 4.79 Å². The van der Waals surface area contributed by atoms with Crippen LogP contribution in [0.5, 0.6) is 0 Å². The lowest BCUT2D eigenvalue weighted by atomic mass is 10.1. The van der Waals surface area contributed by atoms with Gasteiger partial charge in [0.2, 0.25) is 6.10 Å². The molecular weight excluding hydrogens is 330 g/mol. The quantitative estimate of drug-likeness (QED) is 0.614. The molecule has 5 heteroatoms. The first-order valence-corrected chi connectivity index (χ1v) is 8.59. The third-order valence-corrected chi connectivity index (χ3v) is 4.09. The van der Waals surface area contributed by atoms with Crippen molar-refractivity contribution >= 4 is 18.0 Å². The molecule has 1 heterocycles. The van der Waals surface area contributed by atoms with Crippen molar-refractivity contribution in [1.82, 2.24) is 4.90 Å². The van der Waals surface area contributed by atoms with Crippen molar-refractivity contribution in [3.63, 3.8) is 0 Å². The van der Waals surface area contributed by atoms with Crippen LogP contribution in [0.15, 0.2) is 66.7 Å². The smallest absolute Gasteiger partial charge is 0.331 e. The fourth-order valence-corrected chi connectivity index (χ4v) is 2.72. The molecule has 134 valence electrons. The van der Waals surface area contributed by atoms with Gasteiger partial charge in [-0.1, -0.05) is 60.7 Å². The molecule has 1 amide bonds. The number of amides is 1. The van der Waals surface area contributed by atoms with E-state index < -0.39 is 12.1 Å². The molecule has 5 nitrogen and oxygen atoms in total. The first kappa shape index (κ1) is 17.9. The van der Waals surface area contributed by atoms with E-state index in [1.807, 2.05) is 48.5 Å². The molecule has 0 saturated carbocycles. The Morgan fingerprint density at radius 1 is 0.962 bits per heavy atom. The van der Waals surface area contributed by atoms with Gasteiger partial charge in [-0.2, -0.15) is 0 Å².